The van der Waals surface area contributed by atoms with Gasteiger partial charge in [0.25, 0.3) is 0 Å². The third-order valence-corrected chi connectivity index (χ3v) is 4.97. The van der Waals surface area contributed by atoms with E-state index in [1.165, 1.54) is 14.7 Å². The van der Waals surface area contributed by atoms with E-state index in [-0.39, 0.29) is 0 Å². The zero-order valence-electron chi connectivity index (χ0n) is 6.94. The third-order valence-electron chi connectivity index (χ3n) is 2.34. The van der Waals surface area contributed by atoms with Crippen LogP contribution >= 0.6 is 38.5 Å². The monoisotopic (exact) mass is 350 g/mol. The second-order valence-corrected chi connectivity index (χ2v) is 5.15. The average Bonchev–Trinajstić information content (AvgIpc) is 2.12. The number of halogens is 2. The van der Waals surface area contributed by atoms with E-state index >= 15 is 0 Å². The highest BCUT2D eigenvalue weighted by atomic mass is 127. The standard InChI is InChI=1S/C10H8BrIO/c11-9-4-2-6-1-3-7(13)5-8(6)10(9)12/h2,4H,1,3,5H2. The summed E-state index contributed by atoms with van der Waals surface area (Å²) >= 11 is 5.77. The summed E-state index contributed by atoms with van der Waals surface area (Å²) in [5.41, 5.74) is 2.57. The largest absolute Gasteiger partial charge is 0.299 e. The lowest BCUT2D eigenvalue weighted by Crippen LogP contribution is -2.14. The quantitative estimate of drug-likeness (QED) is 0.657. The van der Waals surface area contributed by atoms with Crippen LogP contribution in [0.25, 0.3) is 0 Å². The minimum absolute atomic E-state index is 0.364. The van der Waals surface area contributed by atoms with Crippen molar-refractivity contribution in [1.29, 1.82) is 0 Å². The first kappa shape index (κ1) is 9.65. The molecule has 0 amide bonds. The van der Waals surface area contributed by atoms with E-state index in [1.54, 1.807) is 0 Å². The maximum Gasteiger partial charge on any atom is 0.137 e. The third kappa shape index (κ3) is 1.81. The number of fused-ring (bicyclic) bond motifs is 1. The zero-order valence-corrected chi connectivity index (χ0v) is 10.7. The Morgan fingerprint density at radius 2 is 2.08 bits per heavy atom. The summed E-state index contributed by atoms with van der Waals surface area (Å²) in [5, 5.41) is 0. The van der Waals surface area contributed by atoms with Gasteiger partial charge in [-0.05, 0) is 62.1 Å². The molecule has 1 aromatic rings. The molecule has 0 radical (unpaired) electrons. The summed E-state index contributed by atoms with van der Waals surface area (Å²) in [6.45, 7) is 0. The van der Waals surface area contributed by atoms with Crippen molar-refractivity contribution in [3.05, 3.63) is 31.3 Å². The maximum atomic E-state index is 11.3. The SMILES string of the molecule is O=C1CCc2ccc(Br)c(I)c2C1. The Morgan fingerprint density at radius 1 is 1.31 bits per heavy atom. The molecule has 2 rings (SSSR count). The molecule has 0 aromatic heterocycles. The molecule has 3 heteroatoms. The molecule has 0 unspecified atom stereocenters. The fraction of sp³-hybridized carbons (Fsp3) is 0.300. The highest BCUT2D eigenvalue weighted by Gasteiger charge is 2.18. The van der Waals surface area contributed by atoms with Crippen LogP contribution in [0.4, 0.5) is 0 Å². The fourth-order valence-corrected chi connectivity index (χ4v) is 2.71. The number of carbonyl (C=O) groups excluding carboxylic acids is 1. The molecule has 1 aliphatic rings. The molecule has 0 heterocycles. The molecule has 0 saturated heterocycles. The molecular formula is C10H8BrIO. The van der Waals surface area contributed by atoms with Crippen LogP contribution in [0.3, 0.4) is 0 Å². The van der Waals surface area contributed by atoms with Crippen LogP contribution in [-0.4, -0.2) is 5.78 Å². The lowest BCUT2D eigenvalue weighted by Gasteiger charge is -2.16. The van der Waals surface area contributed by atoms with Crippen LogP contribution in [0.5, 0.6) is 0 Å². The van der Waals surface area contributed by atoms with Crippen molar-refractivity contribution in [2.24, 2.45) is 0 Å². The number of carbonyl (C=O) groups is 1. The number of benzene rings is 1. The first-order chi connectivity index (χ1) is 6.18. The number of aryl methyl sites for hydroxylation is 1. The summed E-state index contributed by atoms with van der Waals surface area (Å²) in [5.74, 6) is 0.364. The normalized spacial score (nSPS) is 15.7. The van der Waals surface area contributed by atoms with Gasteiger partial charge in [0.15, 0.2) is 0 Å². The molecule has 0 bridgehead atoms. The van der Waals surface area contributed by atoms with E-state index < -0.39 is 0 Å². The van der Waals surface area contributed by atoms with Gasteiger partial charge in [-0.1, -0.05) is 6.07 Å². The number of hydrogen-bond donors (Lipinski definition) is 0. The Morgan fingerprint density at radius 3 is 2.85 bits per heavy atom. The van der Waals surface area contributed by atoms with Crippen LogP contribution in [0.15, 0.2) is 16.6 Å². The minimum atomic E-state index is 0.364. The molecular weight excluding hydrogens is 343 g/mol. The van der Waals surface area contributed by atoms with E-state index in [1.807, 2.05) is 0 Å². The molecule has 0 N–H and O–H groups in total. The van der Waals surface area contributed by atoms with E-state index in [2.05, 4.69) is 50.7 Å². The summed E-state index contributed by atoms with van der Waals surface area (Å²) in [4.78, 5) is 11.3. The molecule has 0 fully saturated rings. The Labute approximate surface area is 99.2 Å². The van der Waals surface area contributed by atoms with E-state index in [9.17, 15) is 4.79 Å². The minimum Gasteiger partial charge on any atom is -0.299 e. The summed E-state index contributed by atoms with van der Waals surface area (Å²) in [7, 11) is 0. The summed E-state index contributed by atoms with van der Waals surface area (Å²) in [6.07, 6.45) is 2.25. The second kappa shape index (κ2) is 3.69. The molecule has 0 spiro atoms. The van der Waals surface area contributed by atoms with Crippen molar-refractivity contribution in [3.63, 3.8) is 0 Å². The Bertz CT molecular complexity index is 373. The zero-order chi connectivity index (χ0) is 9.42. The number of hydrogen-bond acceptors (Lipinski definition) is 1. The Hall–Kier alpha value is 0.1000. The van der Waals surface area contributed by atoms with Crippen molar-refractivity contribution in [2.45, 2.75) is 19.3 Å². The van der Waals surface area contributed by atoms with Gasteiger partial charge in [0, 0.05) is 20.9 Å². The predicted octanol–water partition coefficient (Wildman–Crippen LogP) is 3.11. The van der Waals surface area contributed by atoms with Crippen molar-refractivity contribution < 1.29 is 4.79 Å². The lowest BCUT2D eigenvalue weighted by molar-refractivity contribution is -0.118. The van der Waals surface area contributed by atoms with Crippen molar-refractivity contribution in [1.82, 2.24) is 0 Å². The number of ketones is 1. The second-order valence-electron chi connectivity index (χ2n) is 3.21. The molecule has 0 aliphatic heterocycles. The van der Waals surface area contributed by atoms with Gasteiger partial charge in [0.1, 0.15) is 5.78 Å². The van der Waals surface area contributed by atoms with E-state index in [0.717, 1.165) is 10.9 Å². The summed E-state index contributed by atoms with van der Waals surface area (Å²) < 4.78 is 2.30. The van der Waals surface area contributed by atoms with Crippen LogP contribution < -0.4 is 0 Å². The van der Waals surface area contributed by atoms with Gasteiger partial charge in [0.05, 0.1) is 0 Å². The number of rotatable bonds is 0. The van der Waals surface area contributed by atoms with E-state index in [0.29, 0.717) is 18.6 Å². The van der Waals surface area contributed by atoms with Gasteiger partial charge in [0.2, 0.25) is 0 Å². The van der Waals surface area contributed by atoms with Crippen LogP contribution in [0, 0.1) is 3.57 Å². The predicted molar refractivity (Wildman–Crippen MR) is 63.9 cm³/mol. The van der Waals surface area contributed by atoms with Crippen LogP contribution in [0.1, 0.15) is 17.5 Å². The van der Waals surface area contributed by atoms with Crippen LogP contribution in [-0.2, 0) is 17.6 Å². The van der Waals surface area contributed by atoms with Gasteiger partial charge in [-0.25, -0.2) is 0 Å². The van der Waals surface area contributed by atoms with E-state index in [4.69, 9.17) is 0 Å². The highest BCUT2D eigenvalue weighted by Crippen LogP contribution is 2.29. The lowest BCUT2D eigenvalue weighted by atomic mass is 9.91. The van der Waals surface area contributed by atoms with Gasteiger partial charge in [-0.3, -0.25) is 4.79 Å². The average molecular weight is 351 g/mol. The van der Waals surface area contributed by atoms with Crippen molar-refractivity contribution in [3.8, 4) is 0 Å². The highest BCUT2D eigenvalue weighted by molar-refractivity contribution is 14.1. The molecule has 1 aliphatic carbocycles. The molecule has 68 valence electrons. The van der Waals surface area contributed by atoms with Gasteiger partial charge >= 0.3 is 0 Å². The maximum absolute atomic E-state index is 11.3. The van der Waals surface area contributed by atoms with Crippen molar-refractivity contribution >= 4 is 44.3 Å². The summed E-state index contributed by atoms with van der Waals surface area (Å²) in [6, 6.07) is 4.18. The molecule has 13 heavy (non-hydrogen) atoms. The Kier molecular flexibility index (Phi) is 2.74. The number of Topliss-reactive ketones (excluding diaryl/α,β-unsaturated/α-hetero) is 1. The van der Waals surface area contributed by atoms with Crippen molar-refractivity contribution in [2.75, 3.05) is 0 Å². The smallest absolute Gasteiger partial charge is 0.137 e. The first-order valence-electron chi connectivity index (χ1n) is 4.16. The molecule has 1 nitrogen and oxygen atoms in total. The van der Waals surface area contributed by atoms with Gasteiger partial charge < -0.3 is 0 Å². The van der Waals surface area contributed by atoms with Crippen LogP contribution in [0.2, 0.25) is 0 Å². The molecule has 0 saturated carbocycles. The van der Waals surface area contributed by atoms with Gasteiger partial charge in [-0.2, -0.15) is 0 Å². The molecule has 1 aromatic carbocycles. The Balaban J connectivity index is 2.54. The van der Waals surface area contributed by atoms with Gasteiger partial charge in [-0.15, -0.1) is 0 Å². The fourth-order valence-electron chi connectivity index (χ4n) is 1.62. The topological polar surface area (TPSA) is 17.1 Å². The first-order valence-corrected chi connectivity index (χ1v) is 6.03. The molecule has 0 atom stereocenters.